The van der Waals surface area contributed by atoms with Gasteiger partial charge in [-0.3, -0.25) is 4.98 Å². The van der Waals surface area contributed by atoms with Crippen molar-refractivity contribution in [3.05, 3.63) is 22.9 Å². The highest BCUT2D eigenvalue weighted by Crippen LogP contribution is 2.16. The zero-order valence-corrected chi connectivity index (χ0v) is 11.6. The molecule has 0 aromatic carbocycles. The van der Waals surface area contributed by atoms with Crippen molar-refractivity contribution in [3.63, 3.8) is 0 Å². The molecule has 1 unspecified atom stereocenters. The lowest BCUT2D eigenvalue weighted by Gasteiger charge is -2.23. The summed E-state index contributed by atoms with van der Waals surface area (Å²) in [6, 6.07) is 2.34. The Morgan fingerprint density at radius 2 is 2.19 bits per heavy atom. The molecule has 90 valence electrons. The van der Waals surface area contributed by atoms with Crippen molar-refractivity contribution in [1.29, 1.82) is 0 Å². The van der Waals surface area contributed by atoms with E-state index in [1.54, 1.807) is 6.20 Å². The average molecular weight is 287 g/mol. The third kappa shape index (κ3) is 4.49. The van der Waals surface area contributed by atoms with Crippen LogP contribution in [-0.4, -0.2) is 24.2 Å². The number of nitrogens with one attached hydrogen (secondary N) is 1. The number of rotatable bonds is 6. The molecule has 1 N–H and O–H groups in total. The fourth-order valence-corrected chi connectivity index (χ4v) is 1.72. The summed E-state index contributed by atoms with van der Waals surface area (Å²) < 4.78 is 6.45. The van der Waals surface area contributed by atoms with Gasteiger partial charge >= 0.3 is 0 Å². The van der Waals surface area contributed by atoms with Crippen LogP contribution in [0.2, 0.25) is 0 Å². The van der Waals surface area contributed by atoms with Crippen molar-refractivity contribution in [2.24, 2.45) is 5.92 Å². The molecule has 0 aliphatic rings. The van der Waals surface area contributed by atoms with Crippen molar-refractivity contribution in [2.45, 2.75) is 26.8 Å². The fourth-order valence-electron chi connectivity index (χ4n) is 1.35. The van der Waals surface area contributed by atoms with E-state index in [1.807, 2.05) is 19.2 Å². The Balaban J connectivity index is 2.60. The first-order chi connectivity index (χ1) is 7.63. The van der Waals surface area contributed by atoms with Gasteiger partial charge in [-0.05, 0) is 34.8 Å². The van der Waals surface area contributed by atoms with Gasteiger partial charge in [0.1, 0.15) is 0 Å². The third-order valence-corrected chi connectivity index (χ3v) is 2.80. The van der Waals surface area contributed by atoms with Gasteiger partial charge in [0.25, 0.3) is 0 Å². The Morgan fingerprint density at radius 3 is 2.75 bits per heavy atom. The van der Waals surface area contributed by atoms with Gasteiger partial charge in [0.15, 0.2) is 0 Å². The van der Waals surface area contributed by atoms with E-state index < -0.39 is 0 Å². The van der Waals surface area contributed by atoms with Crippen LogP contribution in [-0.2, 0) is 4.74 Å². The molecule has 16 heavy (non-hydrogen) atoms. The van der Waals surface area contributed by atoms with Gasteiger partial charge in [-0.1, -0.05) is 13.8 Å². The average Bonchev–Trinajstić information content (AvgIpc) is 2.24. The quantitative estimate of drug-likeness (QED) is 0.871. The van der Waals surface area contributed by atoms with Crippen molar-refractivity contribution >= 4 is 21.6 Å². The number of hydrogen-bond donors (Lipinski definition) is 1. The first-order valence-corrected chi connectivity index (χ1v) is 6.37. The van der Waals surface area contributed by atoms with E-state index >= 15 is 0 Å². The molecule has 0 saturated carbocycles. The molecular formula is C12H19BrN2O. The van der Waals surface area contributed by atoms with Crippen molar-refractivity contribution in [1.82, 2.24) is 4.98 Å². The molecule has 0 saturated heterocycles. The highest BCUT2D eigenvalue weighted by molar-refractivity contribution is 9.10. The molecule has 0 radical (unpaired) electrons. The second kappa shape index (κ2) is 6.86. The molecule has 0 spiro atoms. The molecule has 1 heterocycles. The van der Waals surface area contributed by atoms with Crippen LogP contribution in [0, 0.1) is 5.92 Å². The number of hydrogen-bond acceptors (Lipinski definition) is 3. The van der Waals surface area contributed by atoms with Gasteiger partial charge in [0, 0.05) is 17.3 Å². The fraction of sp³-hybridized carbons (Fsp3) is 0.583. The monoisotopic (exact) mass is 286 g/mol. The van der Waals surface area contributed by atoms with E-state index in [0.29, 0.717) is 12.0 Å². The maximum absolute atomic E-state index is 5.46. The van der Waals surface area contributed by atoms with Crippen LogP contribution in [0.1, 0.15) is 20.8 Å². The van der Waals surface area contributed by atoms with E-state index in [0.717, 1.165) is 23.4 Å². The Hall–Kier alpha value is -0.610. The van der Waals surface area contributed by atoms with Gasteiger partial charge in [-0.25, -0.2) is 0 Å². The predicted octanol–water partition coefficient (Wildman–Crippen LogP) is 3.32. The van der Waals surface area contributed by atoms with Crippen LogP contribution < -0.4 is 5.32 Å². The van der Waals surface area contributed by atoms with Crippen LogP contribution in [0.5, 0.6) is 0 Å². The summed E-state index contributed by atoms with van der Waals surface area (Å²) >= 11 is 3.41. The molecule has 3 nitrogen and oxygen atoms in total. The van der Waals surface area contributed by atoms with Crippen LogP contribution in [0.15, 0.2) is 22.9 Å². The van der Waals surface area contributed by atoms with Gasteiger partial charge < -0.3 is 10.1 Å². The first-order valence-electron chi connectivity index (χ1n) is 5.58. The van der Waals surface area contributed by atoms with Gasteiger partial charge in [0.2, 0.25) is 0 Å². The number of ether oxygens (including phenoxy) is 1. The molecule has 1 atom stereocenters. The van der Waals surface area contributed by atoms with Crippen molar-refractivity contribution < 1.29 is 4.74 Å². The Morgan fingerprint density at radius 1 is 1.44 bits per heavy atom. The first kappa shape index (κ1) is 13.5. The normalized spacial score (nSPS) is 12.8. The number of aromatic nitrogens is 1. The van der Waals surface area contributed by atoms with Crippen LogP contribution in [0.25, 0.3) is 0 Å². The van der Waals surface area contributed by atoms with E-state index in [2.05, 4.69) is 40.1 Å². The molecule has 1 aromatic heterocycles. The molecule has 0 aliphatic carbocycles. The SMILES string of the molecule is CCOCC(Nc1cncc(Br)c1)C(C)C. The van der Waals surface area contributed by atoms with Gasteiger partial charge in [-0.15, -0.1) is 0 Å². The summed E-state index contributed by atoms with van der Waals surface area (Å²) in [5, 5.41) is 3.44. The smallest absolute Gasteiger partial charge is 0.0670 e. The maximum atomic E-state index is 5.46. The zero-order valence-electron chi connectivity index (χ0n) is 10.0. The molecule has 1 rings (SSSR count). The zero-order chi connectivity index (χ0) is 12.0. The summed E-state index contributed by atoms with van der Waals surface area (Å²) in [5.74, 6) is 0.519. The molecule has 0 amide bonds. The maximum Gasteiger partial charge on any atom is 0.0670 e. The lowest BCUT2D eigenvalue weighted by molar-refractivity contribution is 0.127. The summed E-state index contributed by atoms with van der Waals surface area (Å²) in [7, 11) is 0. The third-order valence-electron chi connectivity index (χ3n) is 2.36. The topological polar surface area (TPSA) is 34.1 Å². The van der Waals surface area contributed by atoms with Crippen LogP contribution in [0.4, 0.5) is 5.69 Å². The number of nitrogens with zero attached hydrogens (tertiary/aromatic N) is 1. The highest BCUT2D eigenvalue weighted by Gasteiger charge is 2.13. The summed E-state index contributed by atoms with van der Waals surface area (Å²) in [6.45, 7) is 7.85. The summed E-state index contributed by atoms with van der Waals surface area (Å²) in [5.41, 5.74) is 1.02. The predicted molar refractivity (Wildman–Crippen MR) is 70.7 cm³/mol. The second-order valence-corrected chi connectivity index (χ2v) is 4.96. The molecule has 0 aliphatic heterocycles. The lowest BCUT2D eigenvalue weighted by atomic mass is 10.1. The molecule has 4 heteroatoms. The minimum Gasteiger partial charge on any atom is -0.380 e. The van der Waals surface area contributed by atoms with Crippen LogP contribution in [0.3, 0.4) is 0 Å². The molecular weight excluding hydrogens is 268 g/mol. The number of halogens is 1. The second-order valence-electron chi connectivity index (χ2n) is 4.05. The molecule has 1 aromatic rings. The molecule has 0 fully saturated rings. The lowest BCUT2D eigenvalue weighted by Crippen LogP contribution is -2.30. The van der Waals surface area contributed by atoms with Crippen molar-refractivity contribution in [2.75, 3.05) is 18.5 Å². The van der Waals surface area contributed by atoms with E-state index in [-0.39, 0.29) is 0 Å². The molecule has 0 bridgehead atoms. The van der Waals surface area contributed by atoms with E-state index in [1.165, 1.54) is 0 Å². The highest BCUT2D eigenvalue weighted by atomic mass is 79.9. The van der Waals surface area contributed by atoms with Crippen LogP contribution >= 0.6 is 15.9 Å². The largest absolute Gasteiger partial charge is 0.380 e. The van der Waals surface area contributed by atoms with E-state index in [9.17, 15) is 0 Å². The Kier molecular flexibility index (Phi) is 5.77. The van der Waals surface area contributed by atoms with Gasteiger partial charge in [0.05, 0.1) is 24.5 Å². The minimum absolute atomic E-state index is 0.316. The summed E-state index contributed by atoms with van der Waals surface area (Å²) in [6.07, 6.45) is 3.60. The number of pyridine rings is 1. The summed E-state index contributed by atoms with van der Waals surface area (Å²) in [4.78, 5) is 4.13. The standard InChI is InChI=1S/C12H19BrN2O/c1-4-16-8-12(9(2)3)15-11-5-10(13)6-14-7-11/h5-7,9,12,15H,4,8H2,1-3H3. The Labute approximate surface area is 106 Å². The number of anilines is 1. The Bertz CT molecular complexity index is 318. The van der Waals surface area contributed by atoms with Gasteiger partial charge in [-0.2, -0.15) is 0 Å². The van der Waals surface area contributed by atoms with Crippen molar-refractivity contribution in [3.8, 4) is 0 Å². The van der Waals surface area contributed by atoms with E-state index in [4.69, 9.17) is 4.74 Å². The minimum atomic E-state index is 0.316.